The molecule has 0 amide bonds. The minimum atomic E-state index is 0.325. The zero-order valence-corrected chi connectivity index (χ0v) is 15.1. The Hall–Kier alpha value is -2.16. The van der Waals surface area contributed by atoms with Crippen LogP contribution in [-0.4, -0.2) is 27.3 Å². The van der Waals surface area contributed by atoms with Gasteiger partial charge in [0.1, 0.15) is 0 Å². The fourth-order valence-electron chi connectivity index (χ4n) is 3.66. The van der Waals surface area contributed by atoms with Gasteiger partial charge in [-0.15, -0.1) is 0 Å². The number of anilines is 1. The molecule has 128 valence electrons. The number of methoxy groups -OCH3 is 1. The summed E-state index contributed by atoms with van der Waals surface area (Å²) in [7, 11) is 3.83. The lowest BCUT2D eigenvalue weighted by Gasteiger charge is -2.18. The maximum atomic E-state index is 5.52. The van der Waals surface area contributed by atoms with Crippen LogP contribution in [0.3, 0.4) is 0 Å². The molecule has 0 aliphatic carbocycles. The van der Waals surface area contributed by atoms with Crippen LogP contribution in [0.15, 0.2) is 42.5 Å². The first-order chi connectivity index (χ1) is 11.5. The number of likely N-dealkylation sites (N-methyl/N-ethyl adjacent to an activating group) is 1. The summed E-state index contributed by atoms with van der Waals surface area (Å²) in [5, 5.41) is 0. The maximum absolute atomic E-state index is 5.52. The largest absolute Gasteiger partial charge is 0.493 e. The van der Waals surface area contributed by atoms with Crippen LogP contribution in [0, 0.1) is 0 Å². The SMILES string of the molecule is CN1CC(C)(C)c2ccccc21.COc1cccc2c1OCCC2. The first kappa shape index (κ1) is 16.7. The lowest BCUT2D eigenvalue weighted by molar-refractivity contribution is 0.269. The number of hydrogen-bond acceptors (Lipinski definition) is 3. The lowest BCUT2D eigenvalue weighted by Crippen LogP contribution is -2.24. The Morgan fingerprint density at radius 2 is 1.88 bits per heavy atom. The van der Waals surface area contributed by atoms with Crippen molar-refractivity contribution in [1.82, 2.24) is 0 Å². The average molecular weight is 325 g/mol. The minimum Gasteiger partial charge on any atom is -0.493 e. The van der Waals surface area contributed by atoms with Crippen LogP contribution < -0.4 is 14.4 Å². The van der Waals surface area contributed by atoms with Crippen LogP contribution in [0.5, 0.6) is 11.5 Å². The maximum Gasteiger partial charge on any atom is 0.164 e. The number of para-hydroxylation sites is 2. The fraction of sp³-hybridized carbons (Fsp3) is 0.429. The smallest absolute Gasteiger partial charge is 0.164 e. The van der Waals surface area contributed by atoms with Gasteiger partial charge in [0.15, 0.2) is 11.5 Å². The van der Waals surface area contributed by atoms with E-state index in [0.717, 1.165) is 37.5 Å². The molecule has 0 fully saturated rings. The van der Waals surface area contributed by atoms with Crippen LogP contribution in [-0.2, 0) is 11.8 Å². The Morgan fingerprint density at radius 3 is 2.62 bits per heavy atom. The van der Waals surface area contributed by atoms with E-state index in [4.69, 9.17) is 9.47 Å². The van der Waals surface area contributed by atoms with Crippen molar-refractivity contribution in [3.63, 3.8) is 0 Å². The molecule has 4 rings (SSSR count). The van der Waals surface area contributed by atoms with Crippen molar-refractivity contribution in [2.75, 3.05) is 32.2 Å². The van der Waals surface area contributed by atoms with Crippen molar-refractivity contribution in [2.24, 2.45) is 0 Å². The van der Waals surface area contributed by atoms with Gasteiger partial charge in [-0.05, 0) is 36.1 Å². The van der Waals surface area contributed by atoms with E-state index in [1.807, 2.05) is 12.1 Å². The molecule has 2 heterocycles. The molecule has 0 N–H and O–H groups in total. The van der Waals surface area contributed by atoms with Crippen LogP contribution >= 0.6 is 0 Å². The molecule has 0 radical (unpaired) electrons. The summed E-state index contributed by atoms with van der Waals surface area (Å²) >= 11 is 0. The van der Waals surface area contributed by atoms with E-state index >= 15 is 0 Å². The Labute approximate surface area is 145 Å². The molecule has 0 bridgehead atoms. The minimum absolute atomic E-state index is 0.325. The highest BCUT2D eigenvalue weighted by Gasteiger charge is 2.32. The number of rotatable bonds is 1. The number of nitrogens with zero attached hydrogens (tertiary/aromatic N) is 1. The Morgan fingerprint density at radius 1 is 1.08 bits per heavy atom. The van der Waals surface area contributed by atoms with Crippen LogP contribution in [0.2, 0.25) is 0 Å². The average Bonchev–Trinajstić information content (AvgIpc) is 2.84. The van der Waals surface area contributed by atoms with E-state index in [9.17, 15) is 0 Å². The van der Waals surface area contributed by atoms with Gasteiger partial charge in [-0.2, -0.15) is 0 Å². The third-order valence-corrected chi connectivity index (χ3v) is 4.79. The fourth-order valence-corrected chi connectivity index (χ4v) is 3.66. The van der Waals surface area contributed by atoms with Gasteiger partial charge >= 0.3 is 0 Å². The molecule has 0 saturated heterocycles. The van der Waals surface area contributed by atoms with Crippen molar-refractivity contribution < 1.29 is 9.47 Å². The Balaban J connectivity index is 0.000000141. The molecule has 2 aliphatic heterocycles. The molecular weight excluding hydrogens is 298 g/mol. The predicted molar refractivity (Wildman–Crippen MR) is 99.5 cm³/mol. The molecule has 2 aromatic rings. The zero-order chi connectivity index (χ0) is 17.2. The molecule has 3 heteroatoms. The van der Waals surface area contributed by atoms with Gasteiger partial charge in [-0.25, -0.2) is 0 Å². The third-order valence-electron chi connectivity index (χ3n) is 4.79. The summed E-state index contributed by atoms with van der Waals surface area (Å²) in [5.41, 5.74) is 4.46. The number of fused-ring (bicyclic) bond motifs is 2. The lowest BCUT2D eigenvalue weighted by atomic mass is 9.87. The van der Waals surface area contributed by atoms with Crippen molar-refractivity contribution >= 4 is 5.69 Å². The topological polar surface area (TPSA) is 21.7 Å². The molecular formula is C21H27NO2. The molecule has 0 saturated carbocycles. The van der Waals surface area contributed by atoms with Crippen molar-refractivity contribution in [2.45, 2.75) is 32.1 Å². The molecule has 3 nitrogen and oxygen atoms in total. The van der Waals surface area contributed by atoms with E-state index in [2.05, 4.69) is 56.1 Å². The summed E-state index contributed by atoms with van der Waals surface area (Å²) in [5.74, 6) is 1.79. The first-order valence-corrected chi connectivity index (χ1v) is 8.62. The van der Waals surface area contributed by atoms with Crippen LogP contribution in [0.4, 0.5) is 5.69 Å². The number of benzene rings is 2. The Bertz CT molecular complexity index is 694. The van der Waals surface area contributed by atoms with E-state index < -0.39 is 0 Å². The van der Waals surface area contributed by atoms with Gasteiger partial charge in [0.05, 0.1) is 13.7 Å². The quantitative estimate of drug-likeness (QED) is 0.774. The Kier molecular flexibility index (Phi) is 4.70. The molecule has 0 aromatic heterocycles. The molecule has 0 spiro atoms. The monoisotopic (exact) mass is 325 g/mol. The number of ether oxygens (including phenoxy) is 2. The molecule has 0 atom stereocenters. The van der Waals surface area contributed by atoms with Crippen molar-refractivity contribution in [3.8, 4) is 11.5 Å². The van der Waals surface area contributed by atoms with Gasteiger partial charge in [-0.3, -0.25) is 0 Å². The standard InChI is InChI=1S/C11H15N.C10H12O2/c1-11(2)8-12(3)10-7-5-4-6-9(10)11;1-11-9-6-2-4-8-5-3-7-12-10(8)9/h4-7H,8H2,1-3H3;2,4,6H,3,5,7H2,1H3. The van der Waals surface area contributed by atoms with E-state index in [0.29, 0.717) is 5.41 Å². The summed E-state index contributed by atoms with van der Waals surface area (Å²) in [4.78, 5) is 2.33. The van der Waals surface area contributed by atoms with Gasteiger partial charge in [0.2, 0.25) is 0 Å². The third kappa shape index (κ3) is 3.21. The van der Waals surface area contributed by atoms with Crippen LogP contribution in [0.25, 0.3) is 0 Å². The highest BCUT2D eigenvalue weighted by Crippen LogP contribution is 2.38. The van der Waals surface area contributed by atoms with Crippen molar-refractivity contribution in [1.29, 1.82) is 0 Å². The van der Waals surface area contributed by atoms with Gasteiger partial charge in [0, 0.05) is 24.7 Å². The van der Waals surface area contributed by atoms with Crippen molar-refractivity contribution in [3.05, 3.63) is 53.6 Å². The molecule has 0 unspecified atom stereocenters. The number of aryl methyl sites for hydroxylation is 1. The van der Waals surface area contributed by atoms with Gasteiger partial charge < -0.3 is 14.4 Å². The molecule has 24 heavy (non-hydrogen) atoms. The first-order valence-electron chi connectivity index (χ1n) is 8.62. The van der Waals surface area contributed by atoms with E-state index in [1.165, 1.54) is 16.8 Å². The highest BCUT2D eigenvalue weighted by molar-refractivity contribution is 5.61. The predicted octanol–water partition coefficient (Wildman–Crippen LogP) is 4.43. The van der Waals surface area contributed by atoms with Gasteiger partial charge in [-0.1, -0.05) is 44.2 Å². The van der Waals surface area contributed by atoms with E-state index in [1.54, 1.807) is 7.11 Å². The van der Waals surface area contributed by atoms with Gasteiger partial charge in [0.25, 0.3) is 0 Å². The summed E-state index contributed by atoms with van der Waals surface area (Å²) < 4.78 is 10.7. The normalized spacial score (nSPS) is 17.1. The highest BCUT2D eigenvalue weighted by atomic mass is 16.5. The molecule has 2 aliphatic rings. The zero-order valence-electron chi connectivity index (χ0n) is 15.1. The summed E-state index contributed by atoms with van der Waals surface area (Å²) in [6, 6.07) is 14.7. The molecule has 2 aromatic carbocycles. The second-order valence-electron chi connectivity index (χ2n) is 7.16. The second kappa shape index (κ2) is 6.76. The van der Waals surface area contributed by atoms with Crippen LogP contribution in [0.1, 0.15) is 31.4 Å². The summed E-state index contributed by atoms with van der Waals surface area (Å²) in [6.07, 6.45) is 2.21. The van der Waals surface area contributed by atoms with E-state index in [-0.39, 0.29) is 0 Å². The number of hydrogen-bond donors (Lipinski definition) is 0. The summed E-state index contributed by atoms with van der Waals surface area (Å²) in [6.45, 7) is 6.55. The second-order valence-corrected chi connectivity index (χ2v) is 7.16.